The molecule has 1 fully saturated rings. The van der Waals surface area contributed by atoms with Crippen LogP contribution in [0.25, 0.3) is 5.70 Å². The Hall–Kier alpha value is -2.40. The molecular formula is C21H19BrN2O2. The second-order valence-electron chi connectivity index (χ2n) is 6.68. The van der Waals surface area contributed by atoms with E-state index in [2.05, 4.69) is 34.6 Å². The normalized spacial score (nSPS) is 19.2. The van der Waals surface area contributed by atoms with E-state index in [-0.39, 0.29) is 24.4 Å². The predicted octanol–water partition coefficient (Wildman–Crippen LogP) is 4.24. The summed E-state index contributed by atoms with van der Waals surface area (Å²) in [6, 6.07) is 15.5. The number of amides is 2. The highest BCUT2D eigenvalue weighted by molar-refractivity contribution is 9.10. The number of nitrogens with zero attached hydrogens (tertiary/aromatic N) is 2. The number of hydrogen-bond donors (Lipinski definition) is 0. The van der Waals surface area contributed by atoms with E-state index in [0.717, 1.165) is 35.0 Å². The van der Waals surface area contributed by atoms with E-state index >= 15 is 0 Å². The molecule has 2 aromatic rings. The first kappa shape index (κ1) is 17.0. The van der Waals surface area contributed by atoms with Gasteiger partial charge in [0, 0.05) is 27.8 Å². The largest absolute Gasteiger partial charge is 0.334 e. The Balaban J connectivity index is 1.53. The molecular weight excluding hydrogens is 392 g/mol. The fourth-order valence-electron chi connectivity index (χ4n) is 3.85. The molecule has 2 aliphatic heterocycles. The van der Waals surface area contributed by atoms with E-state index in [1.807, 2.05) is 35.2 Å². The summed E-state index contributed by atoms with van der Waals surface area (Å²) in [6.07, 6.45) is 1.91. The van der Waals surface area contributed by atoms with Gasteiger partial charge >= 0.3 is 0 Å². The van der Waals surface area contributed by atoms with Crippen LogP contribution in [0.5, 0.6) is 0 Å². The number of carbonyl (C=O) groups is 2. The Bertz CT molecular complexity index is 873. The van der Waals surface area contributed by atoms with Crippen molar-refractivity contribution in [2.75, 3.05) is 13.1 Å². The van der Waals surface area contributed by atoms with Crippen LogP contribution in [-0.4, -0.2) is 34.7 Å². The van der Waals surface area contributed by atoms with Gasteiger partial charge in [-0.25, -0.2) is 0 Å². The van der Waals surface area contributed by atoms with Crippen LogP contribution in [0.3, 0.4) is 0 Å². The maximum Gasteiger partial charge on any atom is 0.259 e. The average molecular weight is 411 g/mol. The third-order valence-electron chi connectivity index (χ3n) is 5.14. The molecule has 1 atom stereocenters. The van der Waals surface area contributed by atoms with Crippen molar-refractivity contribution < 1.29 is 9.59 Å². The van der Waals surface area contributed by atoms with Crippen molar-refractivity contribution in [2.24, 2.45) is 0 Å². The van der Waals surface area contributed by atoms with Crippen LogP contribution in [0.4, 0.5) is 0 Å². The zero-order valence-electron chi connectivity index (χ0n) is 14.3. The minimum Gasteiger partial charge on any atom is -0.334 e. The number of carbonyl (C=O) groups excluding carboxylic acids is 2. The topological polar surface area (TPSA) is 40.6 Å². The van der Waals surface area contributed by atoms with Crippen molar-refractivity contribution >= 4 is 33.4 Å². The summed E-state index contributed by atoms with van der Waals surface area (Å²) in [6.45, 7) is 4.78. The first-order chi connectivity index (χ1) is 12.6. The molecule has 0 aliphatic carbocycles. The smallest absolute Gasteiger partial charge is 0.259 e. The zero-order chi connectivity index (χ0) is 18.3. The van der Waals surface area contributed by atoms with E-state index in [4.69, 9.17) is 0 Å². The zero-order valence-corrected chi connectivity index (χ0v) is 15.9. The minimum absolute atomic E-state index is 0.0326. The van der Waals surface area contributed by atoms with Gasteiger partial charge in [0.15, 0.2) is 0 Å². The van der Waals surface area contributed by atoms with Gasteiger partial charge in [-0.15, -0.1) is 0 Å². The molecule has 4 nitrogen and oxygen atoms in total. The number of benzene rings is 2. The molecule has 2 heterocycles. The van der Waals surface area contributed by atoms with Gasteiger partial charge in [0.1, 0.15) is 6.54 Å². The summed E-state index contributed by atoms with van der Waals surface area (Å²) in [5, 5.41) is 0. The molecule has 5 heteroatoms. The first-order valence-corrected chi connectivity index (χ1v) is 9.50. The van der Waals surface area contributed by atoms with Gasteiger partial charge in [0.2, 0.25) is 5.91 Å². The van der Waals surface area contributed by atoms with Gasteiger partial charge in [0.25, 0.3) is 5.91 Å². The van der Waals surface area contributed by atoms with Gasteiger partial charge in [-0.3, -0.25) is 14.5 Å². The Morgan fingerprint density at radius 3 is 2.65 bits per heavy atom. The van der Waals surface area contributed by atoms with Crippen molar-refractivity contribution in [2.45, 2.75) is 18.9 Å². The summed E-state index contributed by atoms with van der Waals surface area (Å²) in [4.78, 5) is 29.0. The molecule has 0 aromatic heterocycles. The first-order valence-electron chi connectivity index (χ1n) is 8.71. The molecule has 4 rings (SSSR count). The van der Waals surface area contributed by atoms with Gasteiger partial charge in [-0.2, -0.15) is 0 Å². The second-order valence-corrected chi connectivity index (χ2v) is 7.60. The summed E-state index contributed by atoms with van der Waals surface area (Å²) < 4.78 is 1.01. The van der Waals surface area contributed by atoms with E-state index in [1.165, 1.54) is 4.90 Å². The predicted molar refractivity (Wildman–Crippen MR) is 104 cm³/mol. The molecule has 1 saturated heterocycles. The molecule has 0 bridgehead atoms. The van der Waals surface area contributed by atoms with Crippen molar-refractivity contribution in [3.8, 4) is 0 Å². The monoisotopic (exact) mass is 410 g/mol. The second kappa shape index (κ2) is 6.72. The lowest BCUT2D eigenvalue weighted by Crippen LogP contribution is -2.39. The maximum absolute atomic E-state index is 13.0. The summed E-state index contributed by atoms with van der Waals surface area (Å²) in [5.74, 6) is -0.174. The molecule has 2 aromatic carbocycles. The van der Waals surface area contributed by atoms with Gasteiger partial charge in [-0.05, 0) is 36.6 Å². The van der Waals surface area contributed by atoms with Crippen LogP contribution in [0, 0.1) is 0 Å². The summed E-state index contributed by atoms with van der Waals surface area (Å²) in [5.41, 5.74) is 3.17. The lowest BCUT2D eigenvalue weighted by molar-refractivity contribution is -0.132. The summed E-state index contributed by atoms with van der Waals surface area (Å²) >= 11 is 3.50. The van der Waals surface area contributed by atoms with Crippen LogP contribution in [0.1, 0.15) is 40.4 Å². The summed E-state index contributed by atoms with van der Waals surface area (Å²) in [7, 11) is 0. The van der Waals surface area contributed by atoms with Crippen molar-refractivity contribution in [3.63, 3.8) is 0 Å². The average Bonchev–Trinajstić information content (AvgIpc) is 3.22. The van der Waals surface area contributed by atoms with Crippen LogP contribution in [0.15, 0.2) is 59.6 Å². The fourth-order valence-corrected chi connectivity index (χ4v) is 4.27. The highest BCUT2D eigenvalue weighted by atomic mass is 79.9. The minimum atomic E-state index is -0.142. The van der Waals surface area contributed by atoms with Gasteiger partial charge in [0.05, 0.1) is 6.04 Å². The van der Waals surface area contributed by atoms with E-state index in [9.17, 15) is 9.59 Å². The number of hydrogen-bond acceptors (Lipinski definition) is 2. The molecule has 0 saturated carbocycles. The molecule has 2 aliphatic rings. The van der Waals surface area contributed by atoms with Crippen LogP contribution in [-0.2, 0) is 4.79 Å². The SMILES string of the molecule is C=C1c2ccccc2C(=O)N1CC(=O)N1CCCC1c1cccc(Br)c1. The number of rotatable bonds is 3. The molecule has 0 radical (unpaired) electrons. The van der Waals surface area contributed by atoms with Crippen molar-refractivity contribution in [3.05, 3.63) is 76.3 Å². The number of halogens is 1. The highest BCUT2D eigenvalue weighted by Crippen LogP contribution is 2.35. The molecule has 0 N–H and O–H groups in total. The van der Waals surface area contributed by atoms with Crippen molar-refractivity contribution in [1.29, 1.82) is 0 Å². The van der Waals surface area contributed by atoms with Crippen LogP contribution in [0.2, 0.25) is 0 Å². The Morgan fingerprint density at radius 1 is 1.15 bits per heavy atom. The maximum atomic E-state index is 13.0. The molecule has 1 unspecified atom stereocenters. The standard InChI is InChI=1S/C21H19BrN2O2/c1-14-17-8-2-3-9-18(17)21(26)24(14)13-20(25)23-11-5-10-19(23)15-6-4-7-16(22)12-15/h2-4,6-9,12,19H,1,5,10-11,13H2. The van der Waals surface area contributed by atoms with E-state index < -0.39 is 0 Å². The lowest BCUT2D eigenvalue weighted by Gasteiger charge is -2.27. The quantitative estimate of drug-likeness (QED) is 0.758. The Kier molecular flexibility index (Phi) is 4.41. The molecule has 26 heavy (non-hydrogen) atoms. The molecule has 132 valence electrons. The molecule has 2 amide bonds. The van der Waals surface area contributed by atoms with Crippen LogP contribution >= 0.6 is 15.9 Å². The van der Waals surface area contributed by atoms with Crippen molar-refractivity contribution in [1.82, 2.24) is 9.80 Å². The fraction of sp³-hybridized carbons (Fsp3) is 0.238. The van der Waals surface area contributed by atoms with Crippen LogP contribution < -0.4 is 0 Å². The number of likely N-dealkylation sites (tertiary alicyclic amines) is 1. The third kappa shape index (κ3) is 2.86. The lowest BCUT2D eigenvalue weighted by atomic mass is 10.0. The number of fused-ring (bicyclic) bond motifs is 1. The van der Waals surface area contributed by atoms with E-state index in [0.29, 0.717) is 11.3 Å². The molecule has 0 spiro atoms. The Morgan fingerprint density at radius 2 is 1.92 bits per heavy atom. The van der Waals surface area contributed by atoms with Gasteiger partial charge in [-0.1, -0.05) is 52.8 Å². The Labute approximate surface area is 161 Å². The highest BCUT2D eigenvalue weighted by Gasteiger charge is 2.36. The van der Waals surface area contributed by atoms with E-state index in [1.54, 1.807) is 6.07 Å². The van der Waals surface area contributed by atoms with Gasteiger partial charge < -0.3 is 4.90 Å². The third-order valence-corrected chi connectivity index (χ3v) is 5.63.